The molecule has 134 valence electrons. The molecule has 0 radical (unpaired) electrons. The molecule has 1 heterocycles. The van der Waals surface area contributed by atoms with E-state index in [0.717, 1.165) is 15.6 Å². The molecule has 0 spiro atoms. The van der Waals surface area contributed by atoms with Crippen LogP contribution in [-0.2, 0) is 6.61 Å². The second-order valence-corrected chi connectivity index (χ2v) is 7.42. The Balaban J connectivity index is 1.50. The first-order chi connectivity index (χ1) is 13.1. The van der Waals surface area contributed by atoms with Crippen LogP contribution in [0.2, 0.25) is 5.02 Å². The molecule has 0 N–H and O–H groups in total. The molecule has 1 aliphatic heterocycles. The number of benzene rings is 3. The van der Waals surface area contributed by atoms with Crippen LogP contribution >= 0.6 is 27.5 Å². The average Bonchev–Trinajstić information content (AvgIpc) is 2.98. The largest absolute Gasteiger partial charge is 0.489 e. The van der Waals surface area contributed by atoms with E-state index in [1.807, 2.05) is 48.5 Å². The van der Waals surface area contributed by atoms with Gasteiger partial charge in [-0.25, -0.2) is 0 Å². The molecule has 3 aromatic carbocycles. The molecule has 0 saturated heterocycles. The number of rotatable bonds is 4. The van der Waals surface area contributed by atoms with Gasteiger partial charge in [0.2, 0.25) is 5.78 Å². The monoisotopic (exact) mass is 440 g/mol. The Kier molecular flexibility index (Phi) is 5.01. The van der Waals surface area contributed by atoms with Crippen LogP contribution in [0, 0.1) is 0 Å². The topological polar surface area (TPSA) is 35.5 Å². The molecular weight excluding hydrogens is 428 g/mol. The van der Waals surface area contributed by atoms with Crippen LogP contribution in [-0.4, -0.2) is 5.78 Å². The maximum absolute atomic E-state index is 12.5. The van der Waals surface area contributed by atoms with Crippen molar-refractivity contribution in [1.29, 1.82) is 0 Å². The van der Waals surface area contributed by atoms with Gasteiger partial charge in [0.15, 0.2) is 5.76 Å². The van der Waals surface area contributed by atoms with Crippen molar-refractivity contribution in [3.05, 3.63) is 98.7 Å². The molecular formula is C22H14BrClO3. The van der Waals surface area contributed by atoms with Crippen molar-refractivity contribution in [3.63, 3.8) is 0 Å². The molecule has 3 nitrogen and oxygen atoms in total. The number of halogens is 2. The summed E-state index contributed by atoms with van der Waals surface area (Å²) in [5.74, 6) is 1.33. The van der Waals surface area contributed by atoms with Gasteiger partial charge >= 0.3 is 0 Å². The minimum atomic E-state index is -0.128. The van der Waals surface area contributed by atoms with E-state index in [1.165, 1.54) is 0 Å². The Morgan fingerprint density at radius 3 is 2.48 bits per heavy atom. The van der Waals surface area contributed by atoms with Crippen molar-refractivity contribution in [1.82, 2.24) is 0 Å². The van der Waals surface area contributed by atoms with Crippen molar-refractivity contribution in [2.24, 2.45) is 0 Å². The molecule has 0 saturated carbocycles. The summed E-state index contributed by atoms with van der Waals surface area (Å²) in [6, 6.07) is 20.4. The molecule has 5 heteroatoms. The Morgan fingerprint density at radius 1 is 1.00 bits per heavy atom. The number of fused-ring (bicyclic) bond motifs is 1. The first-order valence-corrected chi connectivity index (χ1v) is 9.47. The van der Waals surface area contributed by atoms with Crippen molar-refractivity contribution in [3.8, 4) is 11.5 Å². The van der Waals surface area contributed by atoms with E-state index in [9.17, 15) is 4.79 Å². The van der Waals surface area contributed by atoms with Gasteiger partial charge in [0.25, 0.3) is 0 Å². The van der Waals surface area contributed by atoms with Crippen LogP contribution in [0.3, 0.4) is 0 Å². The quantitative estimate of drug-likeness (QED) is 0.446. The highest BCUT2D eigenvalue weighted by Gasteiger charge is 2.27. The molecule has 0 bridgehead atoms. The highest BCUT2D eigenvalue weighted by atomic mass is 79.9. The lowest BCUT2D eigenvalue weighted by Crippen LogP contribution is -1.98. The minimum absolute atomic E-state index is 0.128. The SMILES string of the molecule is O=C1C(=Cc2ccc(Br)cc2)Oc2cc(OCc3ccc(Cl)cc3)ccc21. The summed E-state index contributed by atoms with van der Waals surface area (Å²) < 4.78 is 12.5. The third-order valence-corrected chi connectivity index (χ3v) is 4.91. The van der Waals surface area contributed by atoms with Crippen LogP contribution in [0.1, 0.15) is 21.5 Å². The van der Waals surface area contributed by atoms with Crippen LogP contribution in [0.25, 0.3) is 6.08 Å². The van der Waals surface area contributed by atoms with Crippen LogP contribution in [0.5, 0.6) is 11.5 Å². The lowest BCUT2D eigenvalue weighted by molar-refractivity contribution is 0.101. The molecule has 0 atom stereocenters. The van der Waals surface area contributed by atoms with Crippen LogP contribution in [0.4, 0.5) is 0 Å². The van der Waals surface area contributed by atoms with Gasteiger partial charge in [-0.1, -0.05) is 51.8 Å². The van der Waals surface area contributed by atoms with Crippen molar-refractivity contribution < 1.29 is 14.3 Å². The molecule has 0 unspecified atom stereocenters. The lowest BCUT2D eigenvalue weighted by atomic mass is 10.1. The molecule has 0 aromatic heterocycles. The Morgan fingerprint density at radius 2 is 1.74 bits per heavy atom. The number of hydrogen-bond donors (Lipinski definition) is 0. The van der Waals surface area contributed by atoms with E-state index in [0.29, 0.717) is 34.5 Å². The van der Waals surface area contributed by atoms with Gasteiger partial charge in [0, 0.05) is 15.6 Å². The van der Waals surface area contributed by atoms with Crippen LogP contribution in [0.15, 0.2) is 77.0 Å². The number of ether oxygens (including phenoxy) is 2. The van der Waals surface area contributed by atoms with Gasteiger partial charge in [0.05, 0.1) is 5.56 Å². The summed E-state index contributed by atoms with van der Waals surface area (Å²) in [5, 5.41) is 0.688. The minimum Gasteiger partial charge on any atom is -0.489 e. The number of carbonyl (C=O) groups is 1. The van der Waals surface area contributed by atoms with Gasteiger partial charge in [-0.15, -0.1) is 0 Å². The lowest BCUT2D eigenvalue weighted by Gasteiger charge is -2.07. The highest BCUT2D eigenvalue weighted by Crippen LogP contribution is 2.35. The maximum Gasteiger partial charge on any atom is 0.231 e. The Labute approximate surface area is 170 Å². The number of ketones is 1. The first kappa shape index (κ1) is 17.8. The smallest absolute Gasteiger partial charge is 0.231 e. The molecule has 3 aromatic rings. The van der Waals surface area contributed by atoms with E-state index in [4.69, 9.17) is 21.1 Å². The van der Waals surface area contributed by atoms with Crippen molar-refractivity contribution in [2.75, 3.05) is 0 Å². The fourth-order valence-electron chi connectivity index (χ4n) is 2.71. The summed E-state index contributed by atoms with van der Waals surface area (Å²) in [6.45, 7) is 0.408. The zero-order valence-corrected chi connectivity index (χ0v) is 16.5. The first-order valence-electron chi connectivity index (χ1n) is 8.29. The molecule has 4 rings (SSSR count). The Hall–Kier alpha value is -2.56. The van der Waals surface area contributed by atoms with Crippen molar-refractivity contribution >= 4 is 39.4 Å². The second-order valence-electron chi connectivity index (χ2n) is 6.06. The summed E-state index contributed by atoms with van der Waals surface area (Å²) in [4.78, 5) is 12.5. The zero-order valence-electron chi connectivity index (χ0n) is 14.1. The number of hydrogen-bond acceptors (Lipinski definition) is 3. The van der Waals surface area contributed by atoms with E-state index in [-0.39, 0.29) is 5.78 Å². The summed E-state index contributed by atoms with van der Waals surface area (Å²) in [6.07, 6.45) is 1.74. The molecule has 0 aliphatic carbocycles. The summed E-state index contributed by atoms with van der Waals surface area (Å²) in [7, 11) is 0. The third kappa shape index (κ3) is 4.07. The summed E-state index contributed by atoms with van der Waals surface area (Å²) >= 11 is 9.29. The van der Waals surface area contributed by atoms with Gasteiger partial charge in [0.1, 0.15) is 18.1 Å². The van der Waals surface area contributed by atoms with E-state index < -0.39 is 0 Å². The molecule has 0 amide bonds. The Bertz CT molecular complexity index is 1020. The number of allylic oxidation sites excluding steroid dienone is 1. The maximum atomic E-state index is 12.5. The third-order valence-electron chi connectivity index (χ3n) is 4.13. The average molecular weight is 442 g/mol. The number of carbonyl (C=O) groups excluding carboxylic acids is 1. The zero-order chi connectivity index (χ0) is 18.8. The predicted octanol–water partition coefficient (Wildman–Crippen LogP) is 6.30. The van der Waals surface area contributed by atoms with Gasteiger partial charge in [-0.2, -0.15) is 0 Å². The van der Waals surface area contributed by atoms with E-state index in [2.05, 4.69) is 15.9 Å². The van der Waals surface area contributed by atoms with Gasteiger partial charge < -0.3 is 9.47 Å². The second kappa shape index (κ2) is 7.59. The van der Waals surface area contributed by atoms with Gasteiger partial charge in [-0.05, 0) is 53.6 Å². The van der Waals surface area contributed by atoms with E-state index >= 15 is 0 Å². The molecule has 27 heavy (non-hydrogen) atoms. The van der Waals surface area contributed by atoms with Gasteiger partial charge in [-0.3, -0.25) is 4.79 Å². The highest BCUT2D eigenvalue weighted by molar-refractivity contribution is 9.10. The fraction of sp³-hybridized carbons (Fsp3) is 0.0455. The molecule has 0 fully saturated rings. The van der Waals surface area contributed by atoms with E-state index in [1.54, 1.807) is 24.3 Å². The normalized spacial score (nSPS) is 14.1. The summed E-state index contributed by atoms with van der Waals surface area (Å²) in [5.41, 5.74) is 2.44. The number of Topliss-reactive ketones (excluding diaryl/α,β-unsaturated/α-hetero) is 1. The fourth-order valence-corrected chi connectivity index (χ4v) is 3.11. The van der Waals surface area contributed by atoms with Crippen molar-refractivity contribution in [2.45, 2.75) is 6.61 Å². The predicted molar refractivity (Wildman–Crippen MR) is 109 cm³/mol. The molecule has 1 aliphatic rings. The standard InChI is InChI=1S/C22H14BrClO3/c23-16-5-1-14(2-6-16)11-21-22(25)19-10-9-18(12-20(19)27-21)26-13-15-3-7-17(24)8-4-15/h1-12H,13H2. The van der Waals surface area contributed by atoms with Crippen LogP contribution < -0.4 is 9.47 Å².